The summed E-state index contributed by atoms with van der Waals surface area (Å²) in [5.74, 6) is -0.177. The van der Waals surface area contributed by atoms with Gasteiger partial charge in [0.15, 0.2) is 5.75 Å². The highest BCUT2D eigenvalue weighted by Gasteiger charge is 2.21. The van der Waals surface area contributed by atoms with Crippen LogP contribution in [0.5, 0.6) is 11.5 Å². The van der Waals surface area contributed by atoms with E-state index in [0.29, 0.717) is 5.92 Å². The second-order valence-corrected chi connectivity index (χ2v) is 7.57. The Labute approximate surface area is 176 Å². The fourth-order valence-electron chi connectivity index (χ4n) is 2.39. The van der Waals surface area contributed by atoms with Crippen molar-refractivity contribution in [2.75, 3.05) is 0 Å². The Bertz CT molecular complexity index is 657. The first-order valence-electron chi connectivity index (χ1n) is 9.90. The van der Waals surface area contributed by atoms with Gasteiger partial charge in [-0.2, -0.15) is 0 Å². The average Bonchev–Trinajstić information content (AvgIpc) is 2.77. The topological polar surface area (TPSA) is 94.8 Å². The molecule has 0 aliphatic heterocycles. The smallest absolute Gasteiger partial charge is 0.224 e. The Morgan fingerprint density at radius 1 is 1.10 bits per heavy atom. The molecule has 0 aromatic heterocycles. The number of aromatic hydroxyl groups is 2. The SMILES string of the molecule is C#C.C=O.CCC.CCC(C)(C)O.Cc1cc(=O)c(O)c(O)c2c1CC(C)CC2. The summed E-state index contributed by atoms with van der Waals surface area (Å²) in [6, 6.07) is 1.41. The third-order valence-electron chi connectivity index (χ3n) is 4.24. The molecule has 0 amide bonds. The molecule has 5 heteroatoms. The van der Waals surface area contributed by atoms with Gasteiger partial charge >= 0.3 is 0 Å². The predicted octanol–water partition coefficient (Wildman–Crippen LogP) is 4.54. The Kier molecular flexibility index (Phi) is 18.0. The van der Waals surface area contributed by atoms with Gasteiger partial charge in [0.25, 0.3) is 0 Å². The van der Waals surface area contributed by atoms with Gasteiger partial charge in [0.1, 0.15) is 6.79 Å². The summed E-state index contributed by atoms with van der Waals surface area (Å²) in [6.07, 6.45) is 12.7. The second kappa shape index (κ2) is 16.6. The number of aliphatic hydroxyl groups is 1. The molecule has 0 bridgehead atoms. The lowest BCUT2D eigenvalue weighted by Gasteiger charge is -2.21. The van der Waals surface area contributed by atoms with Crippen LogP contribution in [0.1, 0.15) is 77.5 Å². The zero-order valence-electron chi connectivity index (χ0n) is 19.2. The molecule has 166 valence electrons. The highest BCUT2D eigenvalue weighted by atomic mass is 16.3. The molecule has 0 saturated heterocycles. The molecule has 1 atom stereocenters. The van der Waals surface area contributed by atoms with Crippen LogP contribution in [0, 0.1) is 25.7 Å². The van der Waals surface area contributed by atoms with Gasteiger partial charge in [-0.1, -0.05) is 34.1 Å². The van der Waals surface area contributed by atoms with E-state index in [1.54, 1.807) is 13.8 Å². The Hall–Kier alpha value is -2.32. The molecule has 1 aromatic rings. The van der Waals surface area contributed by atoms with Crippen molar-refractivity contribution in [3.8, 4) is 24.3 Å². The van der Waals surface area contributed by atoms with Crippen LogP contribution < -0.4 is 5.43 Å². The molecule has 29 heavy (non-hydrogen) atoms. The number of carbonyl (C=O) groups excluding carboxylic acids is 1. The quantitative estimate of drug-likeness (QED) is 0.593. The van der Waals surface area contributed by atoms with Crippen molar-refractivity contribution in [1.82, 2.24) is 0 Å². The molecule has 5 nitrogen and oxygen atoms in total. The van der Waals surface area contributed by atoms with Gasteiger partial charge in [0.05, 0.1) is 5.60 Å². The van der Waals surface area contributed by atoms with Crippen molar-refractivity contribution in [1.29, 1.82) is 0 Å². The lowest BCUT2D eigenvalue weighted by atomic mass is 9.84. The maximum absolute atomic E-state index is 11.5. The molecule has 3 N–H and O–H groups in total. The largest absolute Gasteiger partial charge is 0.504 e. The fraction of sp³-hybridized carbons (Fsp3) is 0.583. The third kappa shape index (κ3) is 12.7. The van der Waals surface area contributed by atoms with Crippen LogP contribution >= 0.6 is 0 Å². The van der Waals surface area contributed by atoms with Crippen LogP contribution in [0.4, 0.5) is 0 Å². The minimum absolute atomic E-state index is 0.222. The van der Waals surface area contributed by atoms with E-state index in [1.807, 2.05) is 20.6 Å². The Morgan fingerprint density at radius 2 is 1.52 bits per heavy atom. The molecule has 0 saturated carbocycles. The normalized spacial score (nSPS) is 13.9. The van der Waals surface area contributed by atoms with Crippen molar-refractivity contribution in [3.05, 3.63) is 33.0 Å². The number of rotatable bonds is 1. The monoisotopic (exact) mass is 408 g/mol. The molecular formula is C24H40O5. The zero-order valence-corrected chi connectivity index (χ0v) is 19.2. The van der Waals surface area contributed by atoms with Crippen molar-refractivity contribution >= 4 is 6.79 Å². The maximum Gasteiger partial charge on any atom is 0.224 e. The van der Waals surface area contributed by atoms with Crippen molar-refractivity contribution in [2.45, 2.75) is 86.2 Å². The van der Waals surface area contributed by atoms with E-state index in [0.717, 1.165) is 42.4 Å². The van der Waals surface area contributed by atoms with Crippen molar-refractivity contribution < 1.29 is 20.1 Å². The van der Waals surface area contributed by atoms with Crippen LogP contribution in [0.3, 0.4) is 0 Å². The number of hydrogen-bond donors (Lipinski definition) is 3. The van der Waals surface area contributed by atoms with E-state index in [-0.39, 0.29) is 5.75 Å². The summed E-state index contributed by atoms with van der Waals surface area (Å²) in [5.41, 5.74) is 1.67. The van der Waals surface area contributed by atoms with Gasteiger partial charge in [-0.05, 0) is 69.6 Å². The lowest BCUT2D eigenvalue weighted by Crippen LogP contribution is -2.15. The molecule has 1 aliphatic carbocycles. The summed E-state index contributed by atoms with van der Waals surface area (Å²) in [7, 11) is 0. The van der Waals surface area contributed by atoms with Gasteiger partial charge < -0.3 is 20.1 Å². The maximum atomic E-state index is 11.5. The summed E-state index contributed by atoms with van der Waals surface area (Å²) >= 11 is 0. The Morgan fingerprint density at radius 3 is 1.90 bits per heavy atom. The lowest BCUT2D eigenvalue weighted by molar-refractivity contribution is -0.0980. The van der Waals surface area contributed by atoms with Gasteiger partial charge in [0, 0.05) is 5.56 Å². The third-order valence-corrected chi connectivity index (χ3v) is 4.24. The molecular weight excluding hydrogens is 368 g/mol. The Balaban J connectivity index is -0.000000436. The van der Waals surface area contributed by atoms with Crippen LogP contribution in [0.2, 0.25) is 0 Å². The van der Waals surface area contributed by atoms with E-state index in [9.17, 15) is 15.0 Å². The number of carbonyl (C=O) groups is 1. The standard InChI is InChI=1S/C13H16O3.C5H12O.C3H8.C2H2.CH2O/c1-7-3-4-9-10(5-7)8(2)6-11(14)13(16)12(9)15;1-4-5(2,3)6;1-3-2;2*1-2/h6-7H,3-5H2,1-2H3,(H2,14,15,16);6H,4H2,1-3H3;3H2,1-2H3;1-2H;1H2. The second-order valence-electron chi connectivity index (χ2n) is 7.57. The van der Waals surface area contributed by atoms with Crippen LogP contribution in [0.15, 0.2) is 10.9 Å². The van der Waals surface area contributed by atoms with Gasteiger partial charge in [-0.25, -0.2) is 0 Å². The van der Waals surface area contributed by atoms with Crippen molar-refractivity contribution in [2.24, 2.45) is 5.92 Å². The number of aryl methyl sites for hydroxylation is 1. The number of hydrogen-bond acceptors (Lipinski definition) is 5. The molecule has 2 rings (SSSR count). The zero-order chi connectivity index (χ0) is 23.8. The first kappa shape index (κ1) is 31.4. The van der Waals surface area contributed by atoms with E-state index in [1.165, 1.54) is 12.5 Å². The highest BCUT2D eigenvalue weighted by Crippen LogP contribution is 2.35. The first-order valence-corrected chi connectivity index (χ1v) is 9.90. The minimum atomic E-state index is -0.515. The number of fused-ring (bicyclic) bond motifs is 1. The van der Waals surface area contributed by atoms with E-state index in [2.05, 4.69) is 33.6 Å². The molecule has 0 spiro atoms. The highest BCUT2D eigenvalue weighted by molar-refractivity contribution is 5.50. The molecule has 1 aliphatic rings. The van der Waals surface area contributed by atoms with Crippen LogP contribution in [-0.2, 0) is 17.6 Å². The molecule has 0 fully saturated rings. The van der Waals surface area contributed by atoms with E-state index >= 15 is 0 Å². The predicted molar refractivity (Wildman–Crippen MR) is 122 cm³/mol. The fourth-order valence-corrected chi connectivity index (χ4v) is 2.39. The summed E-state index contributed by atoms with van der Waals surface area (Å²) < 4.78 is 0. The van der Waals surface area contributed by atoms with Crippen LogP contribution in [0.25, 0.3) is 0 Å². The molecule has 0 heterocycles. The molecule has 1 unspecified atom stereocenters. The summed E-state index contributed by atoms with van der Waals surface area (Å²) in [6.45, 7) is 15.8. The van der Waals surface area contributed by atoms with Crippen molar-refractivity contribution in [3.63, 3.8) is 0 Å². The van der Waals surface area contributed by atoms with Crippen LogP contribution in [-0.4, -0.2) is 27.7 Å². The summed E-state index contributed by atoms with van der Waals surface area (Å²) in [5, 5.41) is 28.2. The average molecular weight is 409 g/mol. The first-order chi connectivity index (χ1) is 13.5. The molecule has 0 radical (unpaired) electrons. The van der Waals surface area contributed by atoms with E-state index in [4.69, 9.17) is 9.90 Å². The van der Waals surface area contributed by atoms with E-state index < -0.39 is 16.8 Å². The molecule has 1 aromatic carbocycles. The number of terminal acetylenes is 1. The van der Waals surface area contributed by atoms with Gasteiger partial charge in [0.2, 0.25) is 11.2 Å². The summed E-state index contributed by atoms with van der Waals surface area (Å²) in [4.78, 5) is 19.5. The van der Waals surface area contributed by atoms with Gasteiger partial charge in [-0.15, -0.1) is 12.8 Å². The minimum Gasteiger partial charge on any atom is -0.504 e. The van der Waals surface area contributed by atoms with Gasteiger partial charge in [-0.3, -0.25) is 4.79 Å².